The molecule has 0 spiro atoms. The standard InChI is InChI=1S/C14H23N3O3S/c1-5-6-9-17(4)14(18)11-7-8-12(16(2)3)13(10-11)21(15,19)20/h7-8,10H,5-6,9H2,1-4H3,(H2,15,19,20). The molecule has 1 aromatic carbocycles. The van der Waals surface area contributed by atoms with Crippen LogP contribution in [-0.2, 0) is 10.0 Å². The first kappa shape index (κ1) is 17.5. The molecule has 0 saturated heterocycles. The Hall–Kier alpha value is -1.60. The normalized spacial score (nSPS) is 11.3. The summed E-state index contributed by atoms with van der Waals surface area (Å²) in [6, 6.07) is 4.56. The molecule has 0 atom stereocenters. The van der Waals surface area contributed by atoms with Crippen LogP contribution in [0.2, 0.25) is 0 Å². The van der Waals surface area contributed by atoms with Gasteiger partial charge in [-0.25, -0.2) is 13.6 Å². The molecule has 1 aromatic rings. The number of rotatable bonds is 6. The van der Waals surface area contributed by atoms with Gasteiger partial charge in [-0.15, -0.1) is 0 Å². The lowest BCUT2D eigenvalue weighted by molar-refractivity contribution is 0.0793. The molecule has 21 heavy (non-hydrogen) atoms. The van der Waals surface area contributed by atoms with Crippen LogP contribution < -0.4 is 10.0 Å². The number of amides is 1. The Labute approximate surface area is 126 Å². The molecule has 6 nitrogen and oxygen atoms in total. The topological polar surface area (TPSA) is 83.7 Å². The van der Waals surface area contributed by atoms with Crippen molar-refractivity contribution in [3.8, 4) is 0 Å². The summed E-state index contributed by atoms with van der Waals surface area (Å²) in [7, 11) is 1.26. The summed E-state index contributed by atoms with van der Waals surface area (Å²) in [5, 5.41) is 5.24. The molecule has 2 N–H and O–H groups in total. The van der Waals surface area contributed by atoms with Gasteiger partial charge in [0.2, 0.25) is 10.0 Å². The molecule has 1 amide bonds. The molecule has 7 heteroatoms. The van der Waals surface area contributed by atoms with Crippen LogP contribution in [0.4, 0.5) is 5.69 Å². The van der Waals surface area contributed by atoms with Crippen LogP contribution in [0.1, 0.15) is 30.1 Å². The van der Waals surface area contributed by atoms with Crippen molar-refractivity contribution < 1.29 is 13.2 Å². The van der Waals surface area contributed by atoms with Gasteiger partial charge in [-0.1, -0.05) is 13.3 Å². The minimum Gasteiger partial charge on any atom is -0.377 e. The van der Waals surface area contributed by atoms with E-state index in [1.165, 1.54) is 6.07 Å². The van der Waals surface area contributed by atoms with Crippen LogP contribution in [0.25, 0.3) is 0 Å². The van der Waals surface area contributed by atoms with Crippen molar-refractivity contribution in [1.29, 1.82) is 0 Å². The first-order valence-electron chi connectivity index (χ1n) is 6.78. The van der Waals surface area contributed by atoms with Crippen LogP contribution in [0.15, 0.2) is 23.1 Å². The minimum absolute atomic E-state index is 0.0396. The predicted molar refractivity (Wildman–Crippen MR) is 84.0 cm³/mol. The first-order valence-corrected chi connectivity index (χ1v) is 8.32. The summed E-state index contributed by atoms with van der Waals surface area (Å²) in [5.74, 6) is -0.210. The second-order valence-electron chi connectivity index (χ2n) is 5.20. The lowest BCUT2D eigenvalue weighted by atomic mass is 10.1. The van der Waals surface area contributed by atoms with E-state index < -0.39 is 10.0 Å². The van der Waals surface area contributed by atoms with E-state index in [2.05, 4.69) is 0 Å². The monoisotopic (exact) mass is 313 g/mol. The number of hydrogen-bond donors (Lipinski definition) is 1. The molecule has 0 heterocycles. The molecule has 0 unspecified atom stereocenters. The van der Waals surface area contributed by atoms with Crippen molar-refractivity contribution in [2.45, 2.75) is 24.7 Å². The number of carbonyl (C=O) groups is 1. The lowest BCUT2D eigenvalue weighted by Gasteiger charge is -2.20. The Balaban J connectivity index is 3.20. The summed E-state index contributed by atoms with van der Waals surface area (Å²) in [6.07, 6.45) is 1.89. The average molecular weight is 313 g/mol. The number of unbranched alkanes of at least 4 members (excludes halogenated alkanes) is 1. The van der Waals surface area contributed by atoms with Gasteiger partial charge >= 0.3 is 0 Å². The third-order valence-electron chi connectivity index (χ3n) is 3.19. The van der Waals surface area contributed by atoms with Gasteiger partial charge in [0.05, 0.1) is 5.69 Å². The molecule has 0 saturated carbocycles. The van der Waals surface area contributed by atoms with Crippen molar-refractivity contribution in [2.75, 3.05) is 32.6 Å². The van der Waals surface area contributed by atoms with E-state index in [-0.39, 0.29) is 10.8 Å². The summed E-state index contributed by atoms with van der Waals surface area (Å²) < 4.78 is 23.4. The summed E-state index contributed by atoms with van der Waals surface area (Å²) in [4.78, 5) is 15.5. The average Bonchev–Trinajstić information content (AvgIpc) is 2.42. The lowest BCUT2D eigenvalue weighted by Crippen LogP contribution is -2.28. The van der Waals surface area contributed by atoms with E-state index in [0.29, 0.717) is 17.8 Å². The SMILES string of the molecule is CCCCN(C)C(=O)c1ccc(N(C)C)c(S(N)(=O)=O)c1. The van der Waals surface area contributed by atoms with Crippen molar-refractivity contribution in [3.05, 3.63) is 23.8 Å². The molecule has 0 fully saturated rings. The number of nitrogens with two attached hydrogens (primary N) is 1. The molecule has 0 radical (unpaired) electrons. The Morgan fingerprint density at radius 1 is 1.24 bits per heavy atom. The zero-order valence-corrected chi connectivity index (χ0v) is 13.8. The summed E-state index contributed by atoms with van der Waals surface area (Å²) in [6.45, 7) is 2.68. The number of nitrogens with zero attached hydrogens (tertiary/aromatic N) is 2. The van der Waals surface area contributed by atoms with Crippen LogP contribution >= 0.6 is 0 Å². The third-order valence-corrected chi connectivity index (χ3v) is 4.13. The molecule has 0 aliphatic rings. The van der Waals surface area contributed by atoms with E-state index in [4.69, 9.17) is 5.14 Å². The van der Waals surface area contributed by atoms with Gasteiger partial charge in [0, 0.05) is 33.3 Å². The molecular formula is C14H23N3O3S. The second-order valence-corrected chi connectivity index (χ2v) is 6.73. The second kappa shape index (κ2) is 6.91. The number of hydrogen-bond acceptors (Lipinski definition) is 4. The highest BCUT2D eigenvalue weighted by atomic mass is 32.2. The van der Waals surface area contributed by atoms with E-state index in [9.17, 15) is 13.2 Å². The number of sulfonamides is 1. The molecule has 0 aliphatic heterocycles. The van der Waals surface area contributed by atoms with Gasteiger partial charge < -0.3 is 9.80 Å². The van der Waals surface area contributed by atoms with Crippen molar-refractivity contribution in [2.24, 2.45) is 5.14 Å². The molecule has 118 valence electrons. The largest absolute Gasteiger partial charge is 0.377 e. The van der Waals surface area contributed by atoms with Gasteiger partial charge in [0.1, 0.15) is 4.90 Å². The van der Waals surface area contributed by atoms with Crippen LogP contribution in [0.3, 0.4) is 0 Å². The van der Waals surface area contributed by atoms with Gasteiger partial charge in [0.15, 0.2) is 0 Å². The number of carbonyl (C=O) groups excluding carboxylic acids is 1. The molecular weight excluding hydrogens is 290 g/mol. The Morgan fingerprint density at radius 2 is 1.86 bits per heavy atom. The molecule has 1 rings (SSSR count). The fourth-order valence-electron chi connectivity index (χ4n) is 1.96. The molecule has 0 aliphatic carbocycles. The van der Waals surface area contributed by atoms with Gasteiger partial charge in [-0.3, -0.25) is 4.79 Å². The number of primary sulfonamides is 1. The molecule has 0 bridgehead atoms. The Bertz CT molecular complexity index is 612. The highest BCUT2D eigenvalue weighted by Gasteiger charge is 2.19. The van der Waals surface area contributed by atoms with Gasteiger partial charge in [0.25, 0.3) is 5.91 Å². The number of benzene rings is 1. The van der Waals surface area contributed by atoms with E-state index >= 15 is 0 Å². The van der Waals surface area contributed by atoms with Crippen LogP contribution in [0, 0.1) is 0 Å². The zero-order chi connectivity index (χ0) is 16.2. The third kappa shape index (κ3) is 4.44. The Morgan fingerprint density at radius 3 is 2.33 bits per heavy atom. The van der Waals surface area contributed by atoms with Crippen LogP contribution in [0.5, 0.6) is 0 Å². The fourth-order valence-corrected chi connectivity index (χ4v) is 2.80. The summed E-state index contributed by atoms with van der Waals surface area (Å²) in [5.41, 5.74) is 0.786. The number of anilines is 1. The predicted octanol–water partition coefficient (Wildman–Crippen LogP) is 1.27. The van der Waals surface area contributed by atoms with Crippen molar-refractivity contribution >= 4 is 21.6 Å². The smallest absolute Gasteiger partial charge is 0.253 e. The van der Waals surface area contributed by atoms with Crippen LogP contribution in [-0.4, -0.2) is 46.9 Å². The highest BCUT2D eigenvalue weighted by molar-refractivity contribution is 7.89. The summed E-state index contributed by atoms with van der Waals surface area (Å²) >= 11 is 0. The Kier molecular flexibility index (Phi) is 5.74. The van der Waals surface area contributed by atoms with Gasteiger partial charge in [-0.05, 0) is 24.6 Å². The van der Waals surface area contributed by atoms with E-state index in [0.717, 1.165) is 12.8 Å². The van der Waals surface area contributed by atoms with Crippen molar-refractivity contribution in [3.63, 3.8) is 0 Å². The maximum Gasteiger partial charge on any atom is 0.253 e. The van der Waals surface area contributed by atoms with Crippen molar-refractivity contribution in [1.82, 2.24) is 4.90 Å². The zero-order valence-electron chi connectivity index (χ0n) is 13.0. The van der Waals surface area contributed by atoms with E-state index in [1.807, 2.05) is 6.92 Å². The first-order chi connectivity index (χ1) is 9.68. The highest BCUT2D eigenvalue weighted by Crippen LogP contribution is 2.24. The maximum absolute atomic E-state index is 12.3. The maximum atomic E-state index is 12.3. The quantitative estimate of drug-likeness (QED) is 0.857. The van der Waals surface area contributed by atoms with E-state index in [1.54, 1.807) is 43.1 Å². The fraction of sp³-hybridized carbons (Fsp3) is 0.500. The molecule has 0 aromatic heterocycles. The minimum atomic E-state index is -3.89. The van der Waals surface area contributed by atoms with Gasteiger partial charge in [-0.2, -0.15) is 0 Å².